The van der Waals surface area contributed by atoms with Gasteiger partial charge in [-0.25, -0.2) is 9.97 Å². The van der Waals surface area contributed by atoms with Gasteiger partial charge in [0.2, 0.25) is 5.95 Å². The van der Waals surface area contributed by atoms with Gasteiger partial charge in [0.05, 0.1) is 6.04 Å². The molecule has 0 saturated heterocycles. The zero-order chi connectivity index (χ0) is 13.1. The summed E-state index contributed by atoms with van der Waals surface area (Å²) in [7, 11) is 0. The summed E-state index contributed by atoms with van der Waals surface area (Å²) in [6.07, 6.45) is 2.92. The molecule has 18 heavy (non-hydrogen) atoms. The fourth-order valence-corrected chi connectivity index (χ4v) is 2.70. The average Bonchev–Trinajstić information content (AvgIpc) is 2.75. The van der Waals surface area contributed by atoms with Gasteiger partial charge in [-0.15, -0.1) is 11.3 Å². The van der Waals surface area contributed by atoms with Crippen molar-refractivity contribution in [2.45, 2.75) is 26.3 Å². The quantitative estimate of drug-likeness (QED) is 0.844. The topological polar surface area (TPSA) is 76.7 Å². The van der Waals surface area contributed by atoms with Crippen LogP contribution in [-0.4, -0.2) is 15.0 Å². The highest BCUT2D eigenvalue weighted by Gasteiger charge is 2.11. The summed E-state index contributed by atoms with van der Waals surface area (Å²) in [5, 5.41) is 4.22. The molecule has 0 bridgehead atoms. The van der Waals surface area contributed by atoms with Crippen LogP contribution >= 0.6 is 27.3 Å². The molecule has 0 amide bonds. The largest absolute Gasteiger partial charge is 0.383 e. The highest BCUT2D eigenvalue weighted by Crippen LogP contribution is 2.23. The van der Waals surface area contributed by atoms with E-state index >= 15 is 0 Å². The third-order valence-corrected chi connectivity index (χ3v) is 4.08. The van der Waals surface area contributed by atoms with Crippen molar-refractivity contribution in [1.29, 1.82) is 0 Å². The Labute approximate surface area is 118 Å². The molecule has 2 rings (SSSR count). The summed E-state index contributed by atoms with van der Waals surface area (Å²) >= 11 is 4.99. The second kappa shape index (κ2) is 5.62. The summed E-state index contributed by atoms with van der Waals surface area (Å²) in [6, 6.07) is 1.72. The lowest BCUT2D eigenvalue weighted by molar-refractivity contribution is 0.847. The van der Waals surface area contributed by atoms with Crippen molar-refractivity contribution >= 4 is 39.0 Å². The van der Waals surface area contributed by atoms with Gasteiger partial charge in [-0.05, 0) is 29.3 Å². The van der Waals surface area contributed by atoms with Crippen molar-refractivity contribution in [1.82, 2.24) is 15.0 Å². The summed E-state index contributed by atoms with van der Waals surface area (Å²) in [5.74, 6) is 0.933. The van der Waals surface area contributed by atoms with E-state index in [0.29, 0.717) is 16.4 Å². The average molecular weight is 328 g/mol. The monoisotopic (exact) mass is 327 g/mol. The number of aromatic nitrogens is 3. The molecule has 2 aromatic rings. The van der Waals surface area contributed by atoms with E-state index in [4.69, 9.17) is 5.73 Å². The predicted octanol–water partition coefficient (Wildman–Crippen LogP) is 3.01. The van der Waals surface area contributed by atoms with E-state index in [2.05, 4.69) is 43.1 Å². The van der Waals surface area contributed by atoms with Crippen molar-refractivity contribution in [3.05, 3.63) is 26.8 Å². The Balaban J connectivity index is 2.12. The van der Waals surface area contributed by atoms with Crippen LogP contribution in [0.2, 0.25) is 0 Å². The molecule has 5 nitrogen and oxygen atoms in total. The Morgan fingerprint density at radius 2 is 2.28 bits per heavy atom. The number of thiazole rings is 1. The van der Waals surface area contributed by atoms with Gasteiger partial charge in [0, 0.05) is 17.1 Å². The Morgan fingerprint density at radius 1 is 1.50 bits per heavy atom. The molecule has 2 aromatic heterocycles. The van der Waals surface area contributed by atoms with Gasteiger partial charge in [0.25, 0.3) is 0 Å². The molecular weight excluding hydrogens is 314 g/mol. The molecule has 0 saturated carbocycles. The Bertz CT molecular complexity index is 522. The number of nitrogens with zero attached hydrogens (tertiary/aromatic N) is 3. The van der Waals surface area contributed by atoms with Crippen LogP contribution in [0.4, 0.5) is 11.8 Å². The Kier molecular flexibility index (Phi) is 4.13. The minimum Gasteiger partial charge on any atom is -0.383 e. The zero-order valence-corrected chi connectivity index (χ0v) is 12.5. The SMILES string of the molecule is CCc1cnc(C(C)Nc2nc(N)cc(Br)n2)s1. The van der Waals surface area contributed by atoms with E-state index < -0.39 is 0 Å². The number of rotatable bonds is 4. The van der Waals surface area contributed by atoms with Gasteiger partial charge in [-0.2, -0.15) is 4.98 Å². The van der Waals surface area contributed by atoms with Crippen molar-refractivity contribution < 1.29 is 0 Å². The minimum atomic E-state index is 0.0593. The maximum atomic E-state index is 5.67. The lowest BCUT2D eigenvalue weighted by Gasteiger charge is -2.11. The van der Waals surface area contributed by atoms with E-state index in [1.165, 1.54) is 4.88 Å². The summed E-state index contributed by atoms with van der Waals surface area (Å²) < 4.78 is 0.665. The van der Waals surface area contributed by atoms with Crippen LogP contribution in [0.15, 0.2) is 16.9 Å². The van der Waals surface area contributed by atoms with Crippen LogP contribution in [0.1, 0.15) is 29.8 Å². The smallest absolute Gasteiger partial charge is 0.226 e. The maximum absolute atomic E-state index is 5.67. The number of aryl methyl sites for hydroxylation is 1. The van der Waals surface area contributed by atoms with Crippen LogP contribution in [-0.2, 0) is 6.42 Å². The predicted molar refractivity (Wildman–Crippen MR) is 77.7 cm³/mol. The van der Waals surface area contributed by atoms with E-state index in [0.717, 1.165) is 11.4 Å². The van der Waals surface area contributed by atoms with Gasteiger partial charge in [-0.1, -0.05) is 6.92 Å². The zero-order valence-electron chi connectivity index (χ0n) is 10.1. The number of hydrogen-bond donors (Lipinski definition) is 2. The number of halogens is 1. The first-order valence-electron chi connectivity index (χ1n) is 5.59. The fraction of sp³-hybridized carbons (Fsp3) is 0.364. The van der Waals surface area contributed by atoms with Crippen LogP contribution < -0.4 is 11.1 Å². The number of anilines is 2. The van der Waals surface area contributed by atoms with Crippen LogP contribution in [0.5, 0.6) is 0 Å². The number of nitrogen functional groups attached to an aromatic ring is 1. The third-order valence-electron chi connectivity index (χ3n) is 2.35. The van der Waals surface area contributed by atoms with Crippen LogP contribution in [0, 0.1) is 0 Å². The molecule has 7 heteroatoms. The standard InChI is InChI=1S/C11H14BrN5S/c1-3-7-5-14-10(18-7)6(2)15-11-16-8(12)4-9(13)17-11/h4-6H,3H2,1-2H3,(H3,13,15,16,17). The molecule has 2 heterocycles. The highest BCUT2D eigenvalue weighted by atomic mass is 79.9. The Hall–Kier alpha value is -1.21. The van der Waals surface area contributed by atoms with Gasteiger partial charge in [0.1, 0.15) is 15.4 Å². The normalized spacial score (nSPS) is 12.4. The molecule has 0 radical (unpaired) electrons. The van der Waals surface area contributed by atoms with Crippen molar-refractivity contribution in [3.63, 3.8) is 0 Å². The molecule has 3 N–H and O–H groups in total. The summed E-state index contributed by atoms with van der Waals surface area (Å²) in [4.78, 5) is 14.0. The second-order valence-corrected chi connectivity index (χ2v) is 5.78. The lowest BCUT2D eigenvalue weighted by atomic mass is 10.3. The first-order valence-corrected chi connectivity index (χ1v) is 7.20. The molecule has 96 valence electrons. The lowest BCUT2D eigenvalue weighted by Crippen LogP contribution is -2.10. The van der Waals surface area contributed by atoms with E-state index in [-0.39, 0.29) is 6.04 Å². The summed E-state index contributed by atoms with van der Waals surface area (Å²) in [6.45, 7) is 4.15. The molecule has 0 aliphatic heterocycles. The fourth-order valence-electron chi connectivity index (χ4n) is 1.44. The first-order chi connectivity index (χ1) is 8.58. The summed E-state index contributed by atoms with van der Waals surface area (Å²) in [5.41, 5.74) is 5.67. The van der Waals surface area contributed by atoms with Crippen molar-refractivity contribution in [3.8, 4) is 0 Å². The van der Waals surface area contributed by atoms with Crippen LogP contribution in [0.3, 0.4) is 0 Å². The van der Waals surface area contributed by atoms with E-state index in [1.54, 1.807) is 17.4 Å². The van der Waals surface area contributed by atoms with Gasteiger partial charge in [-0.3, -0.25) is 0 Å². The Morgan fingerprint density at radius 3 is 2.89 bits per heavy atom. The molecular formula is C11H14BrN5S. The minimum absolute atomic E-state index is 0.0593. The van der Waals surface area contributed by atoms with Crippen molar-refractivity contribution in [2.24, 2.45) is 0 Å². The molecule has 0 aromatic carbocycles. The first kappa shape index (κ1) is 13.2. The number of hydrogen-bond acceptors (Lipinski definition) is 6. The molecule has 0 fully saturated rings. The second-order valence-electron chi connectivity index (χ2n) is 3.82. The van der Waals surface area contributed by atoms with Crippen molar-refractivity contribution in [2.75, 3.05) is 11.1 Å². The van der Waals surface area contributed by atoms with Crippen LogP contribution in [0.25, 0.3) is 0 Å². The third kappa shape index (κ3) is 3.17. The van der Waals surface area contributed by atoms with Gasteiger partial charge < -0.3 is 11.1 Å². The number of nitrogens with two attached hydrogens (primary N) is 1. The molecule has 0 aliphatic carbocycles. The maximum Gasteiger partial charge on any atom is 0.226 e. The highest BCUT2D eigenvalue weighted by molar-refractivity contribution is 9.10. The molecule has 1 unspecified atom stereocenters. The van der Waals surface area contributed by atoms with Gasteiger partial charge >= 0.3 is 0 Å². The molecule has 0 spiro atoms. The van der Waals surface area contributed by atoms with Gasteiger partial charge in [0.15, 0.2) is 0 Å². The molecule has 1 atom stereocenters. The van der Waals surface area contributed by atoms with E-state index in [1.807, 2.05) is 13.1 Å². The number of nitrogens with one attached hydrogen (secondary N) is 1. The molecule has 0 aliphatic rings. The van der Waals surface area contributed by atoms with E-state index in [9.17, 15) is 0 Å².